The van der Waals surface area contributed by atoms with E-state index in [1.165, 1.54) is 19.1 Å². The van der Waals surface area contributed by atoms with E-state index in [1.807, 2.05) is 0 Å². The standard InChI is InChI=1S/C10H7F3O3/c1-6(14)7-2-4-8(5-3-7)16-9(15)10(11,12)13/h2-5H,1H3. The Balaban J connectivity index is 2.77. The monoisotopic (exact) mass is 232 g/mol. The maximum absolute atomic E-state index is 11.8. The molecule has 86 valence electrons. The van der Waals surface area contributed by atoms with E-state index in [2.05, 4.69) is 4.74 Å². The zero-order chi connectivity index (χ0) is 12.3. The lowest BCUT2D eigenvalue weighted by Crippen LogP contribution is -2.27. The first-order chi connectivity index (χ1) is 7.30. The number of hydrogen-bond donors (Lipinski definition) is 0. The maximum Gasteiger partial charge on any atom is 0.491 e. The highest BCUT2D eigenvalue weighted by atomic mass is 19.4. The molecule has 0 aliphatic heterocycles. The fraction of sp³-hybridized carbons (Fsp3) is 0.200. The Kier molecular flexibility index (Phi) is 3.31. The average molecular weight is 232 g/mol. The molecule has 0 fully saturated rings. The quantitative estimate of drug-likeness (QED) is 0.446. The van der Waals surface area contributed by atoms with Crippen molar-refractivity contribution in [2.24, 2.45) is 0 Å². The SMILES string of the molecule is CC(=O)c1ccc(OC(=O)C(F)(F)F)cc1. The number of benzene rings is 1. The van der Waals surface area contributed by atoms with Crippen LogP contribution in [0, 0.1) is 0 Å². The Labute approximate surface area is 88.8 Å². The molecule has 0 spiro atoms. The highest BCUT2D eigenvalue weighted by molar-refractivity contribution is 5.94. The number of carbonyl (C=O) groups is 2. The van der Waals surface area contributed by atoms with E-state index in [0.717, 1.165) is 12.1 Å². The molecule has 1 aromatic rings. The number of alkyl halides is 3. The summed E-state index contributed by atoms with van der Waals surface area (Å²) in [5.41, 5.74) is 0.326. The number of halogens is 3. The molecule has 0 saturated carbocycles. The van der Waals surface area contributed by atoms with E-state index in [-0.39, 0.29) is 11.5 Å². The number of carbonyl (C=O) groups excluding carboxylic acids is 2. The van der Waals surface area contributed by atoms with Crippen molar-refractivity contribution < 1.29 is 27.5 Å². The van der Waals surface area contributed by atoms with E-state index in [9.17, 15) is 22.8 Å². The number of ether oxygens (including phenoxy) is 1. The van der Waals surface area contributed by atoms with Gasteiger partial charge >= 0.3 is 12.1 Å². The van der Waals surface area contributed by atoms with Crippen LogP contribution >= 0.6 is 0 Å². The normalized spacial score (nSPS) is 11.0. The van der Waals surface area contributed by atoms with Gasteiger partial charge in [0.25, 0.3) is 0 Å². The van der Waals surface area contributed by atoms with Crippen molar-refractivity contribution in [3.05, 3.63) is 29.8 Å². The van der Waals surface area contributed by atoms with E-state index in [0.29, 0.717) is 5.56 Å². The Bertz CT molecular complexity index is 406. The first kappa shape index (κ1) is 12.2. The van der Waals surface area contributed by atoms with Gasteiger partial charge in [0.1, 0.15) is 5.75 Å². The fourth-order valence-electron chi connectivity index (χ4n) is 0.923. The molecule has 16 heavy (non-hydrogen) atoms. The predicted molar refractivity (Wildman–Crippen MR) is 48.1 cm³/mol. The van der Waals surface area contributed by atoms with Crippen LogP contribution in [-0.4, -0.2) is 17.9 Å². The number of hydrogen-bond acceptors (Lipinski definition) is 3. The first-order valence-corrected chi connectivity index (χ1v) is 4.20. The van der Waals surface area contributed by atoms with Gasteiger partial charge < -0.3 is 4.74 Å². The molecular weight excluding hydrogens is 225 g/mol. The van der Waals surface area contributed by atoms with E-state index in [1.54, 1.807) is 0 Å². The van der Waals surface area contributed by atoms with Crippen LogP contribution < -0.4 is 4.74 Å². The van der Waals surface area contributed by atoms with Crippen molar-refractivity contribution in [3.8, 4) is 5.75 Å². The fourth-order valence-corrected chi connectivity index (χ4v) is 0.923. The summed E-state index contributed by atoms with van der Waals surface area (Å²) in [5, 5.41) is 0. The number of ketones is 1. The number of esters is 1. The lowest BCUT2D eigenvalue weighted by Gasteiger charge is -2.06. The Morgan fingerprint density at radius 1 is 1.12 bits per heavy atom. The number of rotatable bonds is 2. The van der Waals surface area contributed by atoms with E-state index < -0.39 is 12.1 Å². The van der Waals surface area contributed by atoms with Crippen molar-refractivity contribution in [3.63, 3.8) is 0 Å². The van der Waals surface area contributed by atoms with Crippen LogP contribution in [0.2, 0.25) is 0 Å². The zero-order valence-electron chi connectivity index (χ0n) is 8.17. The number of Topliss-reactive ketones (excluding diaryl/α,β-unsaturated/α-hetero) is 1. The van der Waals surface area contributed by atoms with Crippen molar-refractivity contribution in [2.45, 2.75) is 13.1 Å². The zero-order valence-corrected chi connectivity index (χ0v) is 8.17. The van der Waals surface area contributed by atoms with Gasteiger partial charge in [-0.3, -0.25) is 4.79 Å². The van der Waals surface area contributed by atoms with Gasteiger partial charge in [-0.1, -0.05) is 0 Å². The summed E-state index contributed by atoms with van der Waals surface area (Å²) in [5.74, 6) is -2.77. The molecule has 0 aliphatic carbocycles. The third-order valence-electron chi connectivity index (χ3n) is 1.70. The molecule has 0 atom stereocenters. The van der Waals surface area contributed by atoms with Crippen LogP contribution in [0.1, 0.15) is 17.3 Å². The molecule has 0 saturated heterocycles. The van der Waals surface area contributed by atoms with Crippen LogP contribution in [-0.2, 0) is 4.79 Å². The molecule has 0 bridgehead atoms. The Hall–Kier alpha value is -1.85. The van der Waals surface area contributed by atoms with Crippen LogP contribution in [0.4, 0.5) is 13.2 Å². The van der Waals surface area contributed by atoms with E-state index >= 15 is 0 Å². The molecule has 0 radical (unpaired) electrons. The minimum absolute atomic E-state index is 0.228. The van der Waals surface area contributed by atoms with Crippen molar-refractivity contribution in [2.75, 3.05) is 0 Å². The van der Waals surface area contributed by atoms with Crippen molar-refractivity contribution in [1.29, 1.82) is 0 Å². The van der Waals surface area contributed by atoms with Gasteiger partial charge in [0, 0.05) is 5.56 Å². The summed E-state index contributed by atoms with van der Waals surface area (Å²) in [6.45, 7) is 1.32. The molecule has 0 aromatic heterocycles. The second-order valence-electron chi connectivity index (χ2n) is 2.97. The molecular formula is C10H7F3O3. The first-order valence-electron chi connectivity index (χ1n) is 4.20. The summed E-state index contributed by atoms with van der Waals surface area (Å²) < 4.78 is 39.5. The van der Waals surface area contributed by atoms with E-state index in [4.69, 9.17) is 0 Å². The highest BCUT2D eigenvalue weighted by Gasteiger charge is 2.41. The van der Waals surface area contributed by atoms with Crippen LogP contribution in [0.25, 0.3) is 0 Å². The Morgan fingerprint density at radius 3 is 2.00 bits per heavy atom. The van der Waals surface area contributed by atoms with Gasteiger partial charge in [-0.05, 0) is 31.2 Å². The third-order valence-corrected chi connectivity index (χ3v) is 1.70. The Morgan fingerprint density at radius 2 is 1.62 bits per heavy atom. The van der Waals surface area contributed by atoms with Crippen molar-refractivity contribution >= 4 is 11.8 Å². The molecule has 1 aromatic carbocycles. The second kappa shape index (κ2) is 4.34. The van der Waals surface area contributed by atoms with Gasteiger partial charge in [0.05, 0.1) is 0 Å². The summed E-state index contributed by atoms with van der Waals surface area (Å²) in [6.07, 6.45) is -5.03. The maximum atomic E-state index is 11.8. The van der Waals surface area contributed by atoms with Gasteiger partial charge in [-0.2, -0.15) is 13.2 Å². The van der Waals surface area contributed by atoms with Crippen LogP contribution in [0.3, 0.4) is 0 Å². The van der Waals surface area contributed by atoms with Crippen molar-refractivity contribution in [1.82, 2.24) is 0 Å². The smallest absolute Gasteiger partial charge is 0.420 e. The van der Waals surface area contributed by atoms with Gasteiger partial charge in [-0.15, -0.1) is 0 Å². The van der Waals surface area contributed by atoms with Gasteiger partial charge in [-0.25, -0.2) is 4.79 Å². The average Bonchev–Trinajstić information content (AvgIpc) is 2.17. The molecule has 0 N–H and O–H groups in total. The molecule has 1 rings (SSSR count). The third kappa shape index (κ3) is 3.08. The lowest BCUT2D eigenvalue weighted by molar-refractivity contribution is -0.189. The molecule has 0 heterocycles. The van der Waals surface area contributed by atoms with Crippen LogP contribution in [0.5, 0.6) is 5.75 Å². The molecule has 3 nitrogen and oxygen atoms in total. The molecule has 0 aliphatic rings. The second-order valence-corrected chi connectivity index (χ2v) is 2.97. The van der Waals surface area contributed by atoms with Gasteiger partial charge in [0.2, 0.25) is 0 Å². The summed E-state index contributed by atoms with van der Waals surface area (Å²) >= 11 is 0. The summed E-state index contributed by atoms with van der Waals surface area (Å²) in [6, 6.07) is 4.81. The minimum atomic E-state index is -5.03. The highest BCUT2D eigenvalue weighted by Crippen LogP contribution is 2.20. The predicted octanol–water partition coefficient (Wildman–Crippen LogP) is 2.36. The summed E-state index contributed by atoms with van der Waals surface area (Å²) in [7, 11) is 0. The minimum Gasteiger partial charge on any atom is -0.420 e. The molecule has 0 amide bonds. The van der Waals surface area contributed by atoms with Gasteiger partial charge in [0.15, 0.2) is 5.78 Å². The molecule has 0 unspecified atom stereocenters. The molecule has 6 heteroatoms. The lowest BCUT2D eigenvalue weighted by atomic mass is 10.1. The van der Waals surface area contributed by atoms with Crippen LogP contribution in [0.15, 0.2) is 24.3 Å². The largest absolute Gasteiger partial charge is 0.491 e. The topological polar surface area (TPSA) is 43.4 Å². The summed E-state index contributed by atoms with van der Waals surface area (Å²) in [4.78, 5) is 21.3.